The van der Waals surface area contributed by atoms with Crippen molar-refractivity contribution < 1.29 is 20.1 Å². The Hall–Kier alpha value is -1.69. The third-order valence-electron chi connectivity index (χ3n) is 16.1. The molecule has 5 nitrogen and oxygen atoms in total. The lowest BCUT2D eigenvalue weighted by Crippen LogP contribution is -2.50. The van der Waals surface area contributed by atoms with Crippen LogP contribution in [0, 0.1) is 0 Å². The molecule has 0 aliphatic heterocycles. The van der Waals surface area contributed by atoms with Crippen LogP contribution >= 0.6 is 0 Å². The molecule has 5 heteroatoms. The van der Waals surface area contributed by atoms with Crippen molar-refractivity contribution >= 4 is 5.91 Å². The minimum Gasteiger partial charge on any atom is -0.394 e. The summed E-state index contributed by atoms with van der Waals surface area (Å²) in [5.41, 5.74) is 0. The molecule has 4 N–H and O–H groups in total. The first kappa shape index (κ1) is 74.3. The molecule has 0 heterocycles. The molecule has 0 aliphatic rings. The Labute approximate surface area is 476 Å². The van der Waals surface area contributed by atoms with Crippen molar-refractivity contribution in [3.8, 4) is 0 Å². The fraction of sp³-hybridized carbons (Fsp3) is 0.873. The van der Waals surface area contributed by atoms with E-state index in [-0.39, 0.29) is 12.5 Å². The predicted octanol–water partition coefficient (Wildman–Crippen LogP) is 22.3. The summed E-state index contributed by atoms with van der Waals surface area (Å²) in [7, 11) is 0. The van der Waals surface area contributed by atoms with Crippen LogP contribution in [0.2, 0.25) is 0 Å². The highest BCUT2D eigenvalue weighted by Crippen LogP contribution is 2.18. The Morgan fingerprint density at radius 2 is 0.579 bits per heavy atom. The number of carbonyl (C=O) groups is 1. The number of amides is 1. The maximum absolute atomic E-state index is 12.6. The topological polar surface area (TPSA) is 89.8 Å². The van der Waals surface area contributed by atoms with Crippen LogP contribution in [-0.4, -0.2) is 46.1 Å². The average molecular weight is 1070 g/mol. The Morgan fingerprint density at radius 1 is 0.329 bits per heavy atom. The van der Waals surface area contributed by atoms with E-state index in [1.165, 1.54) is 295 Å². The van der Waals surface area contributed by atoms with Gasteiger partial charge in [-0.15, -0.1) is 0 Å². The highest BCUT2D eigenvalue weighted by Gasteiger charge is 2.26. The van der Waals surface area contributed by atoms with Crippen molar-refractivity contribution in [3.05, 3.63) is 48.6 Å². The van der Waals surface area contributed by atoms with E-state index in [0.29, 0.717) is 12.8 Å². The van der Waals surface area contributed by atoms with E-state index in [9.17, 15) is 20.1 Å². The van der Waals surface area contributed by atoms with E-state index < -0.39 is 18.2 Å². The summed E-state index contributed by atoms with van der Waals surface area (Å²) in [5, 5.41) is 33.9. The summed E-state index contributed by atoms with van der Waals surface area (Å²) in [6.07, 6.45) is 89.0. The number of aliphatic hydroxyl groups excluding tert-OH is 3. The number of hydrogen-bond donors (Lipinski definition) is 4. The summed E-state index contributed by atoms with van der Waals surface area (Å²) >= 11 is 0. The molecular formula is C71H135NO4. The van der Waals surface area contributed by atoms with Crippen molar-refractivity contribution in [1.82, 2.24) is 5.32 Å². The molecule has 0 rings (SSSR count). The molecule has 448 valence electrons. The predicted molar refractivity (Wildman–Crippen MR) is 337 cm³/mol. The second kappa shape index (κ2) is 65.8. The van der Waals surface area contributed by atoms with Gasteiger partial charge in [0.1, 0.15) is 6.10 Å². The zero-order valence-electron chi connectivity index (χ0n) is 51.4. The van der Waals surface area contributed by atoms with Gasteiger partial charge >= 0.3 is 0 Å². The Morgan fingerprint density at radius 3 is 0.882 bits per heavy atom. The van der Waals surface area contributed by atoms with Crippen LogP contribution in [0.3, 0.4) is 0 Å². The summed E-state index contributed by atoms with van der Waals surface area (Å²) in [6.45, 7) is 4.21. The summed E-state index contributed by atoms with van der Waals surface area (Å²) < 4.78 is 0. The van der Waals surface area contributed by atoms with Gasteiger partial charge in [0.05, 0.1) is 18.8 Å². The lowest BCUT2D eigenvalue weighted by Gasteiger charge is -2.26. The monoisotopic (exact) mass is 1070 g/mol. The molecular weight excluding hydrogens is 931 g/mol. The van der Waals surface area contributed by atoms with Crippen molar-refractivity contribution in [2.75, 3.05) is 6.61 Å². The van der Waals surface area contributed by atoms with Gasteiger partial charge in [0.25, 0.3) is 0 Å². The third-order valence-corrected chi connectivity index (χ3v) is 16.1. The molecule has 0 bridgehead atoms. The van der Waals surface area contributed by atoms with E-state index >= 15 is 0 Å². The zero-order chi connectivity index (χ0) is 55.0. The fourth-order valence-electron chi connectivity index (χ4n) is 10.9. The molecule has 0 aliphatic carbocycles. The van der Waals surface area contributed by atoms with Crippen LogP contribution in [0.4, 0.5) is 0 Å². The van der Waals surface area contributed by atoms with Gasteiger partial charge in [-0.3, -0.25) is 4.79 Å². The van der Waals surface area contributed by atoms with Crippen LogP contribution in [0.5, 0.6) is 0 Å². The van der Waals surface area contributed by atoms with Crippen molar-refractivity contribution in [3.63, 3.8) is 0 Å². The third kappa shape index (κ3) is 60.0. The largest absolute Gasteiger partial charge is 0.394 e. The number of unbranched alkanes of at least 4 members (excludes halogenated alkanes) is 48. The number of hydrogen-bond acceptors (Lipinski definition) is 4. The maximum atomic E-state index is 12.6. The Balaban J connectivity index is 3.51. The lowest BCUT2D eigenvalue weighted by molar-refractivity contribution is -0.124. The molecule has 0 spiro atoms. The SMILES string of the molecule is CCCCCCCCCCCCCCCC/C=C/CC/C=C/CCCC(O)C(O)C(CO)NC(=O)CCCCCCCCCCCCCCCCCCC/C=C\C/C=C\CCCCCCCCCCCCCCCCC. The number of nitrogens with one attached hydrogen (secondary N) is 1. The number of carbonyl (C=O) groups excluding carboxylic acids is 1. The Bertz CT molecular complexity index is 1230. The number of aliphatic hydroxyl groups is 3. The minimum atomic E-state index is -1.17. The van der Waals surface area contributed by atoms with Gasteiger partial charge in [0.2, 0.25) is 5.91 Å². The second-order valence-electron chi connectivity index (χ2n) is 23.7. The Kier molecular flexibility index (Phi) is 64.4. The summed E-state index contributed by atoms with van der Waals surface area (Å²) in [5.74, 6) is -0.153. The number of allylic oxidation sites excluding steroid dienone is 8. The highest BCUT2D eigenvalue weighted by atomic mass is 16.3. The zero-order valence-corrected chi connectivity index (χ0v) is 51.4. The van der Waals surface area contributed by atoms with Crippen molar-refractivity contribution in [1.29, 1.82) is 0 Å². The van der Waals surface area contributed by atoms with E-state index in [1.807, 2.05) is 0 Å². The average Bonchev–Trinajstić information content (AvgIpc) is 3.42. The van der Waals surface area contributed by atoms with Gasteiger partial charge in [0.15, 0.2) is 0 Å². The second-order valence-corrected chi connectivity index (χ2v) is 23.7. The van der Waals surface area contributed by atoms with Crippen LogP contribution in [0.1, 0.15) is 373 Å². The highest BCUT2D eigenvalue weighted by molar-refractivity contribution is 5.76. The standard InChI is InChI=1S/C71H135NO4/c1-3-5-7-9-11-13-15-17-19-21-23-25-27-28-29-30-31-32-33-34-35-36-37-38-39-40-41-42-44-46-48-50-52-54-56-58-60-62-64-66-70(75)72-68(67-73)71(76)69(74)65-63-61-59-57-55-53-51-49-47-45-43-26-24-22-20-18-16-14-12-10-8-6-4-2/h31-32,34-35,49,51,57,59,68-69,71,73-74,76H,3-30,33,36-48,50,52-56,58,60-67H2,1-2H3,(H,72,75)/b32-31-,35-34-,51-49+,59-57+. The van der Waals surface area contributed by atoms with E-state index in [2.05, 4.69) is 67.8 Å². The smallest absolute Gasteiger partial charge is 0.220 e. The van der Waals surface area contributed by atoms with Crippen molar-refractivity contribution in [2.24, 2.45) is 0 Å². The minimum absolute atomic E-state index is 0.153. The molecule has 0 radical (unpaired) electrons. The van der Waals surface area contributed by atoms with Gasteiger partial charge < -0.3 is 20.6 Å². The molecule has 0 aromatic rings. The number of rotatable bonds is 64. The molecule has 0 saturated heterocycles. The van der Waals surface area contributed by atoms with Crippen LogP contribution in [0.25, 0.3) is 0 Å². The summed E-state index contributed by atoms with van der Waals surface area (Å²) in [6, 6.07) is -0.835. The molecule has 3 atom stereocenters. The van der Waals surface area contributed by atoms with Crippen LogP contribution in [0.15, 0.2) is 48.6 Å². The molecule has 0 saturated carbocycles. The molecule has 1 amide bonds. The first-order valence-electron chi connectivity index (χ1n) is 34.4. The van der Waals surface area contributed by atoms with Crippen molar-refractivity contribution in [2.45, 2.75) is 392 Å². The van der Waals surface area contributed by atoms with Gasteiger partial charge in [-0.05, 0) is 83.5 Å². The van der Waals surface area contributed by atoms with Crippen LogP contribution < -0.4 is 5.32 Å². The normalized spacial score (nSPS) is 13.4. The molecule has 0 aromatic carbocycles. The lowest BCUT2D eigenvalue weighted by atomic mass is 10.0. The molecule has 0 aromatic heterocycles. The first-order valence-corrected chi connectivity index (χ1v) is 34.4. The molecule has 0 fully saturated rings. The van der Waals surface area contributed by atoms with Gasteiger partial charge in [-0.1, -0.05) is 332 Å². The van der Waals surface area contributed by atoms with E-state index in [1.54, 1.807) is 0 Å². The first-order chi connectivity index (χ1) is 37.6. The quantitative estimate of drug-likeness (QED) is 0.0361. The van der Waals surface area contributed by atoms with E-state index in [0.717, 1.165) is 51.4 Å². The van der Waals surface area contributed by atoms with Gasteiger partial charge in [-0.2, -0.15) is 0 Å². The van der Waals surface area contributed by atoms with Gasteiger partial charge in [0, 0.05) is 6.42 Å². The van der Waals surface area contributed by atoms with E-state index in [4.69, 9.17) is 0 Å². The summed E-state index contributed by atoms with van der Waals surface area (Å²) in [4.78, 5) is 12.6. The van der Waals surface area contributed by atoms with Gasteiger partial charge in [-0.25, -0.2) is 0 Å². The van der Waals surface area contributed by atoms with Crippen LogP contribution in [-0.2, 0) is 4.79 Å². The fourth-order valence-corrected chi connectivity index (χ4v) is 10.9. The molecule has 3 unspecified atom stereocenters. The maximum Gasteiger partial charge on any atom is 0.220 e. The molecule has 76 heavy (non-hydrogen) atoms.